The molecule has 2 aromatic rings. The summed E-state index contributed by atoms with van der Waals surface area (Å²) in [6.07, 6.45) is -0.359. The highest BCUT2D eigenvalue weighted by molar-refractivity contribution is 6.31. The van der Waals surface area contributed by atoms with Crippen LogP contribution in [0.1, 0.15) is 30.4 Å². The predicted molar refractivity (Wildman–Crippen MR) is 78.5 cm³/mol. The molecule has 2 atom stereocenters. The summed E-state index contributed by atoms with van der Waals surface area (Å²) >= 11 is 5.93. The molecule has 0 aromatic carbocycles. The van der Waals surface area contributed by atoms with Gasteiger partial charge in [-0.1, -0.05) is 16.8 Å². The van der Waals surface area contributed by atoms with Crippen molar-refractivity contribution in [1.82, 2.24) is 15.1 Å². The van der Waals surface area contributed by atoms with Crippen molar-refractivity contribution in [2.45, 2.75) is 26.1 Å². The fraction of sp³-hybridized carbons (Fsp3) is 0.429. The molecule has 1 aliphatic rings. The second kappa shape index (κ2) is 5.91. The van der Waals surface area contributed by atoms with Gasteiger partial charge in [0.25, 0.3) is 5.89 Å². The lowest BCUT2D eigenvalue weighted by molar-refractivity contribution is -0.0333. The van der Waals surface area contributed by atoms with Gasteiger partial charge in [0.05, 0.1) is 17.7 Å². The van der Waals surface area contributed by atoms with Gasteiger partial charge in [0, 0.05) is 6.54 Å². The van der Waals surface area contributed by atoms with Crippen LogP contribution in [0.2, 0.25) is 5.02 Å². The standard InChI is InChI=1S/C14H14ClN5O2/c1-8-6-20(13-4-3-10(15)11(5-16)18-13)7-12(21-8)14-17-9(2)19-22-14/h3-4,8,12H,6-7H2,1-2H3/t8-,12-/m1/s1. The normalized spacial score (nSPS) is 21.6. The SMILES string of the molecule is Cc1noc([C@H]2CN(c3ccc(Cl)c(C#N)n3)C[C@@H](C)O2)n1. The molecule has 1 saturated heterocycles. The lowest BCUT2D eigenvalue weighted by Gasteiger charge is -2.36. The van der Waals surface area contributed by atoms with Gasteiger partial charge in [-0.15, -0.1) is 0 Å². The van der Waals surface area contributed by atoms with E-state index in [1.165, 1.54) is 0 Å². The number of ether oxygens (including phenoxy) is 1. The average molecular weight is 320 g/mol. The van der Waals surface area contributed by atoms with Gasteiger partial charge < -0.3 is 14.2 Å². The van der Waals surface area contributed by atoms with E-state index in [0.29, 0.717) is 35.6 Å². The van der Waals surface area contributed by atoms with Crippen molar-refractivity contribution < 1.29 is 9.26 Å². The Morgan fingerprint density at radius 1 is 1.36 bits per heavy atom. The summed E-state index contributed by atoms with van der Waals surface area (Å²) in [5, 5.41) is 13.2. The molecule has 0 aliphatic carbocycles. The summed E-state index contributed by atoms with van der Waals surface area (Å²) in [7, 11) is 0. The lowest BCUT2D eigenvalue weighted by atomic mass is 10.2. The number of halogens is 1. The first kappa shape index (κ1) is 14.8. The van der Waals surface area contributed by atoms with E-state index < -0.39 is 0 Å². The van der Waals surface area contributed by atoms with Crippen molar-refractivity contribution in [1.29, 1.82) is 5.26 Å². The van der Waals surface area contributed by atoms with E-state index in [0.717, 1.165) is 0 Å². The molecular weight excluding hydrogens is 306 g/mol. The van der Waals surface area contributed by atoms with E-state index in [1.807, 2.05) is 17.9 Å². The zero-order valence-corrected chi connectivity index (χ0v) is 12.9. The number of rotatable bonds is 2. The van der Waals surface area contributed by atoms with Gasteiger partial charge in [0.2, 0.25) is 0 Å². The monoisotopic (exact) mass is 319 g/mol. The first-order chi connectivity index (χ1) is 10.6. The molecule has 0 amide bonds. The number of nitriles is 1. The zero-order valence-electron chi connectivity index (χ0n) is 12.2. The maximum atomic E-state index is 9.05. The number of morpholine rings is 1. The number of hydrogen-bond acceptors (Lipinski definition) is 7. The molecule has 1 fully saturated rings. The highest BCUT2D eigenvalue weighted by Gasteiger charge is 2.31. The van der Waals surface area contributed by atoms with E-state index in [-0.39, 0.29) is 17.9 Å². The van der Waals surface area contributed by atoms with Crippen LogP contribution in [0.3, 0.4) is 0 Å². The van der Waals surface area contributed by atoms with Crippen LogP contribution in [0.25, 0.3) is 0 Å². The zero-order chi connectivity index (χ0) is 15.7. The van der Waals surface area contributed by atoms with Crippen molar-refractivity contribution in [2.75, 3.05) is 18.0 Å². The maximum absolute atomic E-state index is 9.05. The molecule has 0 radical (unpaired) electrons. The van der Waals surface area contributed by atoms with Crippen LogP contribution in [0.15, 0.2) is 16.7 Å². The van der Waals surface area contributed by atoms with Gasteiger partial charge in [0.1, 0.15) is 11.9 Å². The molecular formula is C14H14ClN5O2. The van der Waals surface area contributed by atoms with Crippen molar-refractivity contribution in [3.05, 3.63) is 34.6 Å². The number of aryl methyl sites for hydroxylation is 1. The summed E-state index contributed by atoms with van der Waals surface area (Å²) in [4.78, 5) is 10.5. The van der Waals surface area contributed by atoms with Crippen LogP contribution in [0, 0.1) is 18.3 Å². The molecule has 0 unspecified atom stereocenters. The quantitative estimate of drug-likeness (QED) is 0.838. The van der Waals surface area contributed by atoms with Crippen molar-refractivity contribution in [2.24, 2.45) is 0 Å². The molecule has 0 N–H and O–H groups in total. The molecule has 0 saturated carbocycles. The Morgan fingerprint density at radius 3 is 2.86 bits per heavy atom. The van der Waals surface area contributed by atoms with Crippen LogP contribution >= 0.6 is 11.6 Å². The first-order valence-electron chi connectivity index (χ1n) is 6.84. The molecule has 0 spiro atoms. The minimum atomic E-state index is -0.326. The van der Waals surface area contributed by atoms with Gasteiger partial charge >= 0.3 is 0 Å². The Balaban J connectivity index is 1.86. The molecule has 114 valence electrons. The topological polar surface area (TPSA) is 88.1 Å². The van der Waals surface area contributed by atoms with Crippen LogP contribution in [-0.4, -0.2) is 34.3 Å². The van der Waals surface area contributed by atoms with Crippen LogP contribution < -0.4 is 4.90 Å². The Morgan fingerprint density at radius 2 is 2.18 bits per heavy atom. The van der Waals surface area contributed by atoms with E-state index in [1.54, 1.807) is 19.1 Å². The van der Waals surface area contributed by atoms with E-state index in [9.17, 15) is 0 Å². The number of aromatic nitrogens is 3. The molecule has 0 bridgehead atoms. The number of hydrogen-bond donors (Lipinski definition) is 0. The Bertz CT molecular complexity index is 726. The average Bonchev–Trinajstić information content (AvgIpc) is 2.94. The molecule has 8 heteroatoms. The molecule has 22 heavy (non-hydrogen) atoms. The minimum Gasteiger partial charge on any atom is -0.362 e. The van der Waals surface area contributed by atoms with Crippen LogP contribution in [-0.2, 0) is 4.74 Å². The summed E-state index contributed by atoms with van der Waals surface area (Å²) in [5.74, 6) is 1.70. The summed E-state index contributed by atoms with van der Waals surface area (Å²) < 4.78 is 11.1. The van der Waals surface area contributed by atoms with Gasteiger partial charge in [0.15, 0.2) is 17.6 Å². The van der Waals surface area contributed by atoms with E-state index in [2.05, 4.69) is 15.1 Å². The number of nitrogens with zero attached hydrogens (tertiary/aromatic N) is 5. The van der Waals surface area contributed by atoms with Gasteiger partial charge in [-0.05, 0) is 26.0 Å². The molecule has 7 nitrogen and oxygen atoms in total. The van der Waals surface area contributed by atoms with E-state index >= 15 is 0 Å². The Kier molecular flexibility index (Phi) is 3.96. The Labute approximate surface area is 132 Å². The van der Waals surface area contributed by atoms with Crippen molar-refractivity contribution >= 4 is 17.4 Å². The largest absolute Gasteiger partial charge is 0.362 e. The van der Waals surface area contributed by atoms with Crippen molar-refractivity contribution in [3.8, 4) is 6.07 Å². The highest BCUT2D eigenvalue weighted by Crippen LogP contribution is 2.28. The number of pyridine rings is 1. The van der Waals surface area contributed by atoms with Gasteiger partial charge in [-0.2, -0.15) is 10.2 Å². The molecule has 2 aromatic heterocycles. The smallest absolute Gasteiger partial charge is 0.257 e. The molecule has 3 heterocycles. The third-order valence-corrected chi connectivity index (χ3v) is 3.65. The van der Waals surface area contributed by atoms with Crippen LogP contribution in [0.4, 0.5) is 5.82 Å². The summed E-state index contributed by atoms with van der Waals surface area (Å²) in [6.45, 7) is 4.90. The number of anilines is 1. The third kappa shape index (κ3) is 2.89. The summed E-state index contributed by atoms with van der Waals surface area (Å²) in [6, 6.07) is 5.45. The summed E-state index contributed by atoms with van der Waals surface area (Å²) in [5.41, 5.74) is 0.212. The van der Waals surface area contributed by atoms with E-state index in [4.69, 9.17) is 26.1 Å². The predicted octanol–water partition coefficient (Wildman–Crippen LogP) is 2.26. The first-order valence-corrected chi connectivity index (χ1v) is 7.22. The minimum absolute atomic E-state index is 0.0334. The van der Waals surface area contributed by atoms with Crippen molar-refractivity contribution in [3.63, 3.8) is 0 Å². The maximum Gasteiger partial charge on any atom is 0.257 e. The molecule has 1 aliphatic heterocycles. The highest BCUT2D eigenvalue weighted by atomic mass is 35.5. The fourth-order valence-electron chi connectivity index (χ4n) is 2.41. The third-order valence-electron chi connectivity index (χ3n) is 3.34. The van der Waals surface area contributed by atoms with Crippen LogP contribution in [0.5, 0.6) is 0 Å². The second-order valence-corrected chi connectivity index (χ2v) is 5.54. The fourth-order valence-corrected chi connectivity index (χ4v) is 2.55. The lowest BCUT2D eigenvalue weighted by Crippen LogP contribution is -2.43. The second-order valence-electron chi connectivity index (χ2n) is 5.13. The van der Waals surface area contributed by atoms with Gasteiger partial charge in [-0.25, -0.2) is 4.98 Å². The molecule has 3 rings (SSSR count). The Hall–Kier alpha value is -2.17. The van der Waals surface area contributed by atoms with Gasteiger partial charge in [-0.3, -0.25) is 0 Å².